The SMILES string of the molecule is CC1CCCC(CCNC(=O)CCCCO)C1. The van der Waals surface area contributed by atoms with Gasteiger partial charge in [0.05, 0.1) is 0 Å². The quantitative estimate of drug-likeness (QED) is 0.673. The summed E-state index contributed by atoms with van der Waals surface area (Å²) in [6, 6.07) is 0. The topological polar surface area (TPSA) is 49.3 Å². The van der Waals surface area contributed by atoms with Crippen LogP contribution in [0.3, 0.4) is 0 Å². The molecular formula is C14H27NO2. The molecule has 17 heavy (non-hydrogen) atoms. The lowest BCUT2D eigenvalue weighted by molar-refractivity contribution is -0.121. The summed E-state index contributed by atoms with van der Waals surface area (Å²) in [5.41, 5.74) is 0. The number of hydrogen-bond donors (Lipinski definition) is 2. The highest BCUT2D eigenvalue weighted by Gasteiger charge is 2.18. The summed E-state index contributed by atoms with van der Waals surface area (Å²) in [6.07, 6.45) is 8.62. The van der Waals surface area contributed by atoms with Crippen molar-refractivity contribution in [3.8, 4) is 0 Å². The molecule has 0 heterocycles. The number of unbranched alkanes of at least 4 members (excludes halogenated alkanes) is 1. The highest BCUT2D eigenvalue weighted by Crippen LogP contribution is 2.30. The number of aliphatic hydroxyl groups excluding tert-OH is 1. The van der Waals surface area contributed by atoms with Gasteiger partial charge in [-0.25, -0.2) is 0 Å². The summed E-state index contributed by atoms with van der Waals surface area (Å²) in [6.45, 7) is 3.35. The van der Waals surface area contributed by atoms with E-state index in [0.29, 0.717) is 6.42 Å². The maximum Gasteiger partial charge on any atom is 0.219 e. The standard InChI is InChI=1S/C14H27NO2/c1-12-5-4-6-13(11-12)8-9-15-14(17)7-2-3-10-16/h12-13,16H,2-11H2,1H3,(H,15,17). The van der Waals surface area contributed by atoms with Crippen molar-refractivity contribution < 1.29 is 9.90 Å². The summed E-state index contributed by atoms with van der Waals surface area (Å²) in [7, 11) is 0. The Kier molecular flexibility index (Phi) is 7.25. The van der Waals surface area contributed by atoms with E-state index in [1.807, 2.05) is 0 Å². The smallest absolute Gasteiger partial charge is 0.219 e. The molecule has 0 aliphatic heterocycles. The Labute approximate surface area is 105 Å². The number of nitrogens with one attached hydrogen (secondary N) is 1. The van der Waals surface area contributed by atoms with Crippen LogP contribution in [0.4, 0.5) is 0 Å². The Balaban J connectivity index is 2.00. The van der Waals surface area contributed by atoms with Crippen molar-refractivity contribution >= 4 is 5.91 Å². The molecule has 0 spiro atoms. The van der Waals surface area contributed by atoms with Gasteiger partial charge in [0.25, 0.3) is 0 Å². The molecule has 1 saturated carbocycles. The second kappa shape index (κ2) is 8.51. The van der Waals surface area contributed by atoms with E-state index in [-0.39, 0.29) is 12.5 Å². The minimum atomic E-state index is 0.141. The van der Waals surface area contributed by atoms with Gasteiger partial charge in [-0.2, -0.15) is 0 Å². The van der Waals surface area contributed by atoms with Gasteiger partial charge in [0, 0.05) is 19.6 Å². The minimum Gasteiger partial charge on any atom is -0.396 e. The molecule has 3 heteroatoms. The Hall–Kier alpha value is -0.570. The normalized spacial score (nSPS) is 24.6. The summed E-state index contributed by atoms with van der Waals surface area (Å²) >= 11 is 0. The predicted octanol–water partition coefficient (Wildman–Crippen LogP) is 2.48. The fraction of sp³-hybridized carbons (Fsp3) is 0.929. The molecule has 0 bridgehead atoms. The van der Waals surface area contributed by atoms with Crippen LogP contribution in [-0.4, -0.2) is 24.2 Å². The Morgan fingerprint density at radius 3 is 2.88 bits per heavy atom. The molecule has 0 radical (unpaired) electrons. The molecule has 3 nitrogen and oxygen atoms in total. The Bertz CT molecular complexity index is 218. The van der Waals surface area contributed by atoms with Crippen LogP contribution in [0.25, 0.3) is 0 Å². The van der Waals surface area contributed by atoms with E-state index in [2.05, 4.69) is 12.2 Å². The molecule has 0 aromatic heterocycles. The van der Waals surface area contributed by atoms with Crippen LogP contribution in [0.1, 0.15) is 58.3 Å². The zero-order chi connectivity index (χ0) is 12.5. The van der Waals surface area contributed by atoms with Crippen molar-refractivity contribution in [1.82, 2.24) is 5.32 Å². The van der Waals surface area contributed by atoms with Crippen LogP contribution in [0, 0.1) is 11.8 Å². The lowest BCUT2D eigenvalue weighted by Gasteiger charge is -2.26. The zero-order valence-electron chi connectivity index (χ0n) is 11.1. The van der Waals surface area contributed by atoms with Gasteiger partial charge in [-0.15, -0.1) is 0 Å². The van der Waals surface area contributed by atoms with Crippen molar-refractivity contribution in [2.24, 2.45) is 11.8 Å². The van der Waals surface area contributed by atoms with Crippen LogP contribution in [0.15, 0.2) is 0 Å². The molecule has 100 valence electrons. The Morgan fingerprint density at radius 1 is 1.35 bits per heavy atom. The van der Waals surface area contributed by atoms with Gasteiger partial charge in [-0.3, -0.25) is 4.79 Å². The number of aliphatic hydroxyl groups is 1. The maximum absolute atomic E-state index is 11.4. The van der Waals surface area contributed by atoms with Crippen molar-refractivity contribution in [3.63, 3.8) is 0 Å². The first kappa shape index (κ1) is 14.5. The fourth-order valence-electron chi connectivity index (χ4n) is 2.72. The number of rotatable bonds is 7. The number of amides is 1. The van der Waals surface area contributed by atoms with Gasteiger partial charge in [-0.1, -0.05) is 26.2 Å². The number of hydrogen-bond acceptors (Lipinski definition) is 2. The van der Waals surface area contributed by atoms with Crippen molar-refractivity contribution in [2.45, 2.75) is 58.3 Å². The molecule has 1 aliphatic carbocycles. The van der Waals surface area contributed by atoms with Crippen molar-refractivity contribution in [1.29, 1.82) is 0 Å². The van der Waals surface area contributed by atoms with Crippen LogP contribution in [-0.2, 0) is 4.79 Å². The van der Waals surface area contributed by atoms with E-state index in [9.17, 15) is 4.79 Å². The molecule has 1 amide bonds. The van der Waals surface area contributed by atoms with E-state index in [0.717, 1.165) is 37.6 Å². The molecule has 2 unspecified atom stereocenters. The van der Waals surface area contributed by atoms with E-state index in [1.165, 1.54) is 25.7 Å². The van der Waals surface area contributed by atoms with Crippen LogP contribution < -0.4 is 5.32 Å². The second-order valence-electron chi connectivity index (χ2n) is 5.46. The highest BCUT2D eigenvalue weighted by molar-refractivity contribution is 5.75. The molecule has 1 aliphatic rings. The van der Waals surface area contributed by atoms with Crippen molar-refractivity contribution in [2.75, 3.05) is 13.2 Å². The van der Waals surface area contributed by atoms with E-state index < -0.39 is 0 Å². The lowest BCUT2D eigenvalue weighted by Crippen LogP contribution is -2.26. The predicted molar refractivity (Wildman–Crippen MR) is 69.7 cm³/mol. The summed E-state index contributed by atoms with van der Waals surface area (Å²) in [4.78, 5) is 11.4. The largest absolute Gasteiger partial charge is 0.396 e. The molecule has 0 aromatic rings. The average Bonchev–Trinajstić information content (AvgIpc) is 2.29. The van der Waals surface area contributed by atoms with E-state index >= 15 is 0 Å². The third kappa shape index (κ3) is 6.67. The molecule has 1 rings (SSSR count). The number of carbonyl (C=O) groups is 1. The summed E-state index contributed by atoms with van der Waals surface area (Å²) in [5.74, 6) is 1.83. The molecule has 0 aromatic carbocycles. The van der Waals surface area contributed by atoms with Gasteiger partial charge in [0.15, 0.2) is 0 Å². The van der Waals surface area contributed by atoms with Gasteiger partial charge >= 0.3 is 0 Å². The highest BCUT2D eigenvalue weighted by atomic mass is 16.2. The third-order valence-electron chi connectivity index (χ3n) is 3.73. The van der Waals surface area contributed by atoms with Crippen LogP contribution in [0.5, 0.6) is 0 Å². The third-order valence-corrected chi connectivity index (χ3v) is 3.73. The first-order valence-corrected chi connectivity index (χ1v) is 7.10. The van der Waals surface area contributed by atoms with Gasteiger partial charge in [0.1, 0.15) is 0 Å². The molecule has 2 N–H and O–H groups in total. The first-order valence-electron chi connectivity index (χ1n) is 7.10. The molecule has 2 atom stereocenters. The monoisotopic (exact) mass is 241 g/mol. The van der Waals surface area contributed by atoms with E-state index in [4.69, 9.17) is 5.11 Å². The lowest BCUT2D eigenvalue weighted by atomic mass is 9.81. The van der Waals surface area contributed by atoms with E-state index in [1.54, 1.807) is 0 Å². The molecule has 0 saturated heterocycles. The Morgan fingerprint density at radius 2 is 2.18 bits per heavy atom. The minimum absolute atomic E-state index is 0.141. The fourth-order valence-corrected chi connectivity index (χ4v) is 2.72. The first-order chi connectivity index (χ1) is 8.22. The zero-order valence-corrected chi connectivity index (χ0v) is 11.1. The number of carbonyl (C=O) groups excluding carboxylic acids is 1. The van der Waals surface area contributed by atoms with Gasteiger partial charge in [-0.05, 0) is 37.5 Å². The van der Waals surface area contributed by atoms with Crippen molar-refractivity contribution in [3.05, 3.63) is 0 Å². The summed E-state index contributed by atoms with van der Waals surface area (Å²) < 4.78 is 0. The van der Waals surface area contributed by atoms with Gasteiger partial charge in [0.2, 0.25) is 5.91 Å². The summed E-state index contributed by atoms with van der Waals surface area (Å²) in [5, 5.41) is 11.6. The molecular weight excluding hydrogens is 214 g/mol. The second-order valence-corrected chi connectivity index (χ2v) is 5.46. The van der Waals surface area contributed by atoms with Crippen LogP contribution >= 0.6 is 0 Å². The maximum atomic E-state index is 11.4. The van der Waals surface area contributed by atoms with Gasteiger partial charge < -0.3 is 10.4 Å². The van der Waals surface area contributed by atoms with Crippen LogP contribution in [0.2, 0.25) is 0 Å². The molecule has 1 fully saturated rings. The average molecular weight is 241 g/mol.